The number of nitro groups is 1. The summed E-state index contributed by atoms with van der Waals surface area (Å²) >= 11 is 0. The maximum atomic E-state index is 13.1. The molecule has 0 N–H and O–H groups in total. The van der Waals surface area contributed by atoms with E-state index in [1.807, 2.05) is 0 Å². The van der Waals surface area contributed by atoms with Gasteiger partial charge in [-0.1, -0.05) is 12.1 Å². The van der Waals surface area contributed by atoms with Crippen LogP contribution in [0.25, 0.3) is 0 Å². The number of halogens is 1. The highest BCUT2D eigenvalue weighted by Crippen LogP contribution is 2.23. The Labute approximate surface area is 116 Å². The lowest BCUT2D eigenvalue weighted by Gasteiger charge is -2.09. The summed E-state index contributed by atoms with van der Waals surface area (Å²) in [7, 11) is 0. The largest absolute Gasteiger partial charge is 0.489 e. The minimum atomic E-state index is -0.416. The van der Waals surface area contributed by atoms with Crippen molar-refractivity contribution in [1.29, 1.82) is 0 Å². The van der Waals surface area contributed by atoms with Crippen molar-refractivity contribution in [2.45, 2.75) is 20.5 Å². The SMILES string of the molecule is Cc1cc(OCc2cccc([N+](=O)[O-])c2C)ccc1F. The summed E-state index contributed by atoms with van der Waals surface area (Å²) in [5, 5.41) is 10.9. The van der Waals surface area contributed by atoms with Crippen LogP contribution in [0.3, 0.4) is 0 Å². The predicted molar refractivity (Wildman–Crippen MR) is 73.3 cm³/mol. The van der Waals surface area contributed by atoms with E-state index in [4.69, 9.17) is 4.74 Å². The van der Waals surface area contributed by atoms with Gasteiger partial charge in [0.25, 0.3) is 5.69 Å². The van der Waals surface area contributed by atoms with Gasteiger partial charge >= 0.3 is 0 Å². The molecule has 5 heteroatoms. The zero-order chi connectivity index (χ0) is 14.7. The lowest BCUT2D eigenvalue weighted by Crippen LogP contribution is -2.01. The average Bonchev–Trinajstić information content (AvgIpc) is 2.41. The van der Waals surface area contributed by atoms with E-state index in [-0.39, 0.29) is 18.1 Å². The Morgan fingerprint density at radius 1 is 1.25 bits per heavy atom. The van der Waals surface area contributed by atoms with Crippen molar-refractivity contribution >= 4 is 5.69 Å². The first-order valence-electron chi connectivity index (χ1n) is 6.11. The Balaban J connectivity index is 2.17. The fraction of sp³-hybridized carbons (Fsp3) is 0.200. The van der Waals surface area contributed by atoms with Gasteiger partial charge in [-0.15, -0.1) is 0 Å². The van der Waals surface area contributed by atoms with Crippen LogP contribution < -0.4 is 4.74 Å². The minimum absolute atomic E-state index is 0.0707. The number of benzene rings is 2. The molecule has 0 saturated carbocycles. The van der Waals surface area contributed by atoms with Gasteiger partial charge in [-0.25, -0.2) is 4.39 Å². The molecule has 0 aliphatic heterocycles. The van der Waals surface area contributed by atoms with E-state index in [1.54, 1.807) is 32.0 Å². The number of hydrogen-bond acceptors (Lipinski definition) is 3. The van der Waals surface area contributed by atoms with Crippen molar-refractivity contribution in [3.63, 3.8) is 0 Å². The van der Waals surface area contributed by atoms with Crippen molar-refractivity contribution < 1.29 is 14.1 Å². The molecular weight excluding hydrogens is 261 g/mol. The van der Waals surface area contributed by atoms with Crippen LogP contribution in [0.1, 0.15) is 16.7 Å². The highest BCUT2D eigenvalue weighted by atomic mass is 19.1. The number of nitrogens with zero attached hydrogens (tertiary/aromatic N) is 1. The Kier molecular flexibility index (Phi) is 3.98. The molecule has 4 nitrogen and oxygen atoms in total. The molecule has 0 bridgehead atoms. The number of hydrogen-bond donors (Lipinski definition) is 0. The van der Waals surface area contributed by atoms with Crippen molar-refractivity contribution in [3.8, 4) is 5.75 Å². The fourth-order valence-corrected chi connectivity index (χ4v) is 1.89. The molecule has 0 fully saturated rings. The summed E-state index contributed by atoms with van der Waals surface area (Å²) in [5.41, 5.74) is 1.89. The molecule has 0 spiro atoms. The van der Waals surface area contributed by atoms with Crippen molar-refractivity contribution in [1.82, 2.24) is 0 Å². The number of ether oxygens (including phenoxy) is 1. The highest BCUT2D eigenvalue weighted by Gasteiger charge is 2.13. The normalized spacial score (nSPS) is 10.3. The van der Waals surface area contributed by atoms with Crippen LogP contribution in [0.15, 0.2) is 36.4 Å². The van der Waals surface area contributed by atoms with Crippen LogP contribution in [0.2, 0.25) is 0 Å². The van der Waals surface area contributed by atoms with Crippen LogP contribution >= 0.6 is 0 Å². The Bertz CT molecular complexity index is 656. The van der Waals surface area contributed by atoms with Crippen LogP contribution in [0.4, 0.5) is 10.1 Å². The monoisotopic (exact) mass is 275 g/mol. The molecule has 0 aliphatic carbocycles. The van der Waals surface area contributed by atoms with Gasteiger partial charge in [-0.05, 0) is 43.2 Å². The predicted octanol–water partition coefficient (Wildman–Crippen LogP) is 3.93. The average molecular weight is 275 g/mol. The topological polar surface area (TPSA) is 52.4 Å². The van der Waals surface area contributed by atoms with Crippen LogP contribution in [-0.2, 0) is 6.61 Å². The molecule has 0 aliphatic rings. The van der Waals surface area contributed by atoms with Gasteiger partial charge in [-0.2, -0.15) is 0 Å². The van der Waals surface area contributed by atoms with Gasteiger partial charge in [0.05, 0.1) is 4.92 Å². The van der Waals surface area contributed by atoms with Crippen LogP contribution in [0, 0.1) is 29.8 Å². The fourth-order valence-electron chi connectivity index (χ4n) is 1.89. The molecule has 0 atom stereocenters. The van der Waals surface area contributed by atoms with Gasteiger partial charge < -0.3 is 4.74 Å². The summed E-state index contributed by atoms with van der Waals surface area (Å²) < 4.78 is 18.7. The van der Waals surface area contributed by atoms with Gasteiger partial charge in [0.1, 0.15) is 18.2 Å². The van der Waals surface area contributed by atoms with Gasteiger partial charge in [0.2, 0.25) is 0 Å². The molecule has 0 amide bonds. The molecular formula is C15H14FNO3. The second-order valence-electron chi connectivity index (χ2n) is 4.52. The maximum Gasteiger partial charge on any atom is 0.272 e. The summed E-state index contributed by atoms with van der Waals surface area (Å²) in [4.78, 5) is 10.4. The Morgan fingerprint density at radius 3 is 2.65 bits per heavy atom. The second kappa shape index (κ2) is 5.69. The highest BCUT2D eigenvalue weighted by molar-refractivity contribution is 5.44. The van der Waals surface area contributed by atoms with E-state index >= 15 is 0 Å². The van der Waals surface area contributed by atoms with Crippen molar-refractivity contribution in [2.75, 3.05) is 0 Å². The first-order chi connectivity index (χ1) is 9.49. The number of nitro benzene ring substituents is 1. The smallest absolute Gasteiger partial charge is 0.272 e. The quantitative estimate of drug-likeness (QED) is 0.627. The zero-order valence-electron chi connectivity index (χ0n) is 11.2. The molecule has 0 saturated heterocycles. The summed E-state index contributed by atoms with van der Waals surface area (Å²) in [6.45, 7) is 3.55. The Hall–Kier alpha value is -2.43. The van der Waals surface area contributed by atoms with E-state index in [1.165, 1.54) is 18.2 Å². The lowest BCUT2D eigenvalue weighted by atomic mass is 10.1. The van der Waals surface area contributed by atoms with Gasteiger partial charge in [0, 0.05) is 11.6 Å². The number of rotatable bonds is 4. The van der Waals surface area contributed by atoms with E-state index < -0.39 is 4.92 Å². The molecule has 2 rings (SSSR count). The molecule has 0 heterocycles. The van der Waals surface area contributed by atoms with E-state index in [0.717, 1.165) is 5.56 Å². The molecule has 0 unspecified atom stereocenters. The second-order valence-corrected chi connectivity index (χ2v) is 4.52. The van der Waals surface area contributed by atoms with Crippen molar-refractivity contribution in [3.05, 3.63) is 69.0 Å². The van der Waals surface area contributed by atoms with Crippen molar-refractivity contribution in [2.24, 2.45) is 0 Å². The Morgan fingerprint density at radius 2 is 2.00 bits per heavy atom. The first-order valence-corrected chi connectivity index (χ1v) is 6.11. The number of aryl methyl sites for hydroxylation is 1. The summed E-state index contributed by atoms with van der Waals surface area (Å²) in [5.74, 6) is 0.249. The van der Waals surface area contributed by atoms with E-state index in [0.29, 0.717) is 16.9 Å². The zero-order valence-corrected chi connectivity index (χ0v) is 11.2. The molecule has 0 radical (unpaired) electrons. The minimum Gasteiger partial charge on any atom is -0.489 e. The molecule has 2 aromatic rings. The third-order valence-corrected chi connectivity index (χ3v) is 3.14. The first kappa shape index (κ1) is 14.0. The van der Waals surface area contributed by atoms with E-state index in [9.17, 15) is 14.5 Å². The molecule has 104 valence electrons. The van der Waals surface area contributed by atoms with Crippen LogP contribution in [0.5, 0.6) is 5.75 Å². The maximum absolute atomic E-state index is 13.1. The van der Waals surface area contributed by atoms with Gasteiger partial charge in [-0.3, -0.25) is 10.1 Å². The summed E-state index contributed by atoms with van der Waals surface area (Å²) in [6.07, 6.45) is 0. The van der Waals surface area contributed by atoms with E-state index in [2.05, 4.69) is 0 Å². The standard InChI is InChI=1S/C15H14FNO3/c1-10-8-13(6-7-14(10)16)20-9-12-4-3-5-15(11(12)2)17(18)19/h3-8H,9H2,1-2H3. The third-order valence-electron chi connectivity index (χ3n) is 3.14. The van der Waals surface area contributed by atoms with Gasteiger partial charge in [0.15, 0.2) is 0 Å². The lowest BCUT2D eigenvalue weighted by molar-refractivity contribution is -0.385. The summed E-state index contributed by atoms with van der Waals surface area (Å²) in [6, 6.07) is 9.33. The van der Waals surface area contributed by atoms with Crippen LogP contribution in [-0.4, -0.2) is 4.92 Å². The third kappa shape index (κ3) is 2.93. The molecule has 2 aromatic carbocycles. The molecule has 0 aromatic heterocycles. The molecule has 20 heavy (non-hydrogen) atoms.